The fourth-order valence-corrected chi connectivity index (χ4v) is 14.1. The van der Waals surface area contributed by atoms with Crippen molar-refractivity contribution in [1.29, 1.82) is 0 Å². The van der Waals surface area contributed by atoms with Crippen molar-refractivity contribution >= 4 is 117 Å². The average Bonchev–Trinajstić information content (AvgIpc) is 1.30. The van der Waals surface area contributed by atoms with Crippen LogP contribution in [0.5, 0.6) is 0 Å². The van der Waals surface area contributed by atoms with Crippen LogP contribution in [0, 0.1) is 0 Å². The molecule has 6 heteroatoms. The lowest BCUT2D eigenvalue weighted by Crippen LogP contribution is -2.60. The maximum Gasteiger partial charge on any atom is 0.252 e. The zero-order valence-electron chi connectivity index (χ0n) is 76.3. The Labute approximate surface area is 582 Å². The van der Waals surface area contributed by atoms with Gasteiger partial charge in [-0.1, -0.05) is 263 Å². The van der Waals surface area contributed by atoms with Crippen LogP contribution in [0.3, 0.4) is 0 Å². The molecule has 17 aromatic rings. The zero-order chi connectivity index (χ0) is 85.0. The number of benzene rings is 14. The summed E-state index contributed by atoms with van der Waals surface area (Å²) in [5, 5.41) is 3.53. The number of anilines is 5. The molecule has 5 heterocycles. The van der Waals surface area contributed by atoms with Gasteiger partial charge in [0.1, 0.15) is 5.58 Å². The van der Waals surface area contributed by atoms with Crippen LogP contribution in [-0.2, 0) is 5.41 Å². The third kappa shape index (κ3) is 8.29. The second-order valence-electron chi connectivity index (χ2n) is 24.5. The number of hydrogen-bond acceptors (Lipinski definition) is 3. The van der Waals surface area contributed by atoms with Gasteiger partial charge in [0.2, 0.25) is 0 Å². The highest BCUT2D eigenvalue weighted by Crippen LogP contribution is 2.52. The van der Waals surface area contributed by atoms with E-state index < -0.39 is 164 Å². The molecule has 3 aromatic heterocycles. The number of hydrogen-bond donors (Lipinski definition) is 1. The predicted molar refractivity (Wildman–Crippen MR) is 397 cm³/mol. The Hall–Kier alpha value is -11.9. The van der Waals surface area contributed by atoms with Gasteiger partial charge >= 0.3 is 0 Å². The van der Waals surface area contributed by atoms with Gasteiger partial charge in [-0.05, 0) is 139 Å². The van der Waals surface area contributed by atoms with Gasteiger partial charge in [-0.15, -0.1) is 0 Å². The van der Waals surface area contributed by atoms with Crippen LogP contribution < -0.4 is 26.6 Å². The van der Waals surface area contributed by atoms with E-state index in [0.717, 1.165) is 16.7 Å². The molecule has 0 amide bonds. The van der Waals surface area contributed by atoms with E-state index >= 15 is 0 Å². The molecule has 0 saturated heterocycles. The highest BCUT2D eigenvalue weighted by Gasteiger charge is 2.44. The molecule has 19 rings (SSSR count). The van der Waals surface area contributed by atoms with Gasteiger partial charge in [-0.3, -0.25) is 0 Å². The summed E-state index contributed by atoms with van der Waals surface area (Å²) in [6.45, 7) is 5.30. The summed E-state index contributed by atoms with van der Waals surface area (Å²) in [6, 6.07) is 29.4. The molecule has 14 aromatic carbocycles. The van der Waals surface area contributed by atoms with E-state index in [1.165, 1.54) is 9.13 Å². The summed E-state index contributed by atoms with van der Waals surface area (Å²) in [4.78, 5) is 1.94. The van der Waals surface area contributed by atoms with Crippen molar-refractivity contribution < 1.29 is 40.1 Å². The standard InChI is InChI=1S/C88H61BN4O/c1-88(2,3)63-45-41-58(42-46-63)62-49-61(57-27-11-6-12-28-57)50-64(51-62)91-80-53-60(56-25-9-5-10-26-56)44-48-73(80)89-72-47-43-59(55-23-7-4-8-24-55)52-74(72)90-85-83(81(54-82(91)84(85)89)93-77-38-19-15-31-67(77)68-32-16-20-39-78(68)93)71-35-21-33-69-70-34-22-40-79(87(70)94-86(69)71)92-75-36-17-13-29-65(75)66-30-14-18-37-76(66)92/h4-54,90H,1-3H3/i4D,5D,7D,8D,9D,10D,13D,14D,15D,16D,17D,18D,19D,20D,23D,24D,25D,26D,29D,30D,31D,32D,36D,37D,38D,39D. The smallest absolute Gasteiger partial charge is 0.252 e. The zero-order valence-corrected chi connectivity index (χ0v) is 50.3. The molecule has 2 aliphatic heterocycles. The van der Waals surface area contributed by atoms with Gasteiger partial charge < -0.3 is 23.8 Å². The summed E-state index contributed by atoms with van der Waals surface area (Å²) in [6.07, 6.45) is 0. The molecule has 0 atom stereocenters. The third-order valence-corrected chi connectivity index (χ3v) is 18.3. The fraction of sp³-hybridized carbons (Fsp3) is 0.0455. The summed E-state index contributed by atoms with van der Waals surface area (Å²) in [5.74, 6) is 0. The molecule has 2 aliphatic rings. The quantitative estimate of drug-likeness (QED) is 0.154. The van der Waals surface area contributed by atoms with E-state index in [2.05, 4.69) is 38.2 Å². The lowest BCUT2D eigenvalue weighted by atomic mass is 9.33. The molecule has 0 unspecified atom stereocenters. The summed E-state index contributed by atoms with van der Waals surface area (Å²) < 4.78 is 253. The van der Waals surface area contributed by atoms with Crippen LogP contribution in [0.25, 0.3) is 133 Å². The van der Waals surface area contributed by atoms with Crippen LogP contribution in [0.1, 0.15) is 62.0 Å². The van der Waals surface area contributed by atoms with Crippen molar-refractivity contribution in [2.75, 3.05) is 10.2 Å². The van der Waals surface area contributed by atoms with Crippen LogP contribution >= 0.6 is 0 Å². The molecule has 5 nitrogen and oxygen atoms in total. The Morgan fingerprint density at radius 3 is 1.48 bits per heavy atom. The SMILES string of the molecule is [2H]c1c([2H])c([2H])c(-c2ccc3c(c2)Nc2c4c(cc(-n5c6c([2H])c([2H])c([2H])c([2H])c6c6c([2H])c([2H])c([2H])c([2H])c65)c2-c2cccc5c2oc2c(-n6c7c([2H])c([2H])c([2H])c([2H])c7c7c([2H])c([2H])c([2H])c([2H])c76)cccc25)N(c2cc(-c5ccccc5)cc(-c5ccc(C(C)(C)C)cc5)c2)c2cc(-c5c([2H])c([2H])c([2H])c([2H])c5[2H])ccc2B34)c([2H])c1[2H]. The molecule has 0 radical (unpaired) electrons. The van der Waals surface area contributed by atoms with Crippen LogP contribution in [-0.4, -0.2) is 15.8 Å². The number of nitrogens with zero attached hydrogens (tertiary/aromatic N) is 3. The Kier molecular flexibility index (Phi) is 7.54. The first-order valence-corrected chi connectivity index (χ1v) is 30.5. The van der Waals surface area contributed by atoms with Gasteiger partial charge in [0.25, 0.3) is 6.71 Å². The number of aromatic nitrogens is 2. The molecule has 0 saturated carbocycles. The van der Waals surface area contributed by atoms with Crippen molar-refractivity contribution in [2.24, 2.45) is 0 Å². The number of fused-ring (bicyclic) bond motifs is 13. The minimum Gasteiger partial charge on any atom is -0.453 e. The lowest BCUT2D eigenvalue weighted by molar-refractivity contribution is 0.590. The monoisotopic (exact) mass is 1230 g/mol. The fourth-order valence-electron chi connectivity index (χ4n) is 14.1. The Morgan fingerprint density at radius 2 is 0.883 bits per heavy atom. The Morgan fingerprint density at radius 1 is 0.372 bits per heavy atom. The minimum atomic E-state index is -1.03. The van der Waals surface area contributed by atoms with E-state index in [0.29, 0.717) is 49.7 Å². The van der Waals surface area contributed by atoms with Crippen molar-refractivity contribution in [2.45, 2.75) is 26.2 Å². The predicted octanol–water partition coefficient (Wildman–Crippen LogP) is 21.8. The van der Waals surface area contributed by atoms with Crippen molar-refractivity contribution in [3.8, 4) is 67.0 Å². The molecule has 0 fully saturated rings. The maximum absolute atomic E-state index is 10.2. The van der Waals surface area contributed by atoms with Crippen LogP contribution in [0.15, 0.2) is 313 Å². The Bertz CT molecular complexity index is 7370. The van der Waals surface area contributed by atoms with E-state index in [1.807, 2.05) is 65.6 Å². The summed E-state index contributed by atoms with van der Waals surface area (Å²) in [7, 11) is 0. The van der Waals surface area contributed by atoms with Crippen LogP contribution in [0.4, 0.5) is 28.4 Å². The number of nitrogens with one attached hydrogen (secondary N) is 1. The summed E-state index contributed by atoms with van der Waals surface area (Å²) >= 11 is 0. The molecule has 94 heavy (non-hydrogen) atoms. The van der Waals surface area contributed by atoms with Gasteiger partial charge in [0.15, 0.2) is 5.58 Å². The number of para-hydroxylation sites is 6. The second-order valence-corrected chi connectivity index (χ2v) is 24.5. The van der Waals surface area contributed by atoms with Crippen LogP contribution in [0.2, 0.25) is 0 Å². The second kappa shape index (κ2) is 20.8. The van der Waals surface area contributed by atoms with E-state index in [1.54, 1.807) is 78.9 Å². The van der Waals surface area contributed by atoms with E-state index in [4.69, 9.17) is 18.1 Å². The first-order valence-electron chi connectivity index (χ1n) is 43.5. The molecular formula is C88H61BN4O. The largest absolute Gasteiger partial charge is 0.453 e. The normalized spacial score (nSPS) is 16.5. The minimum absolute atomic E-state index is 0.0171. The van der Waals surface area contributed by atoms with E-state index in [-0.39, 0.29) is 122 Å². The van der Waals surface area contributed by atoms with Gasteiger partial charge in [0.05, 0.1) is 69.1 Å². The first kappa shape index (κ1) is 34.0. The molecule has 0 aliphatic carbocycles. The molecular weight excluding hydrogens is 1140 g/mol. The first-order chi connectivity index (χ1) is 57.0. The topological polar surface area (TPSA) is 38.3 Å². The molecule has 442 valence electrons. The van der Waals surface area contributed by atoms with Crippen molar-refractivity contribution in [3.63, 3.8) is 0 Å². The van der Waals surface area contributed by atoms with E-state index in [9.17, 15) is 21.9 Å². The Balaban J connectivity index is 1.03. The van der Waals surface area contributed by atoms with Gasteiger partial charge in [0, 0.05) is 71.9 Å². The third-order valence-electron chi connectivity index (χ3n) is 18.3. The van der Waals surface area contributed by atoms with Crippen molar-refractivity contribution in [1.82, 2.24) is 9.13 Å². The number of rotatable bonds is 8. The highest BCUT2D eigenvalue weighted by molar-refractivity contribution is 7.00. The van der Waals surface area contributed by atoms with Gasteiger partial charge in [-0.2, -0.15) is 0 Å². The highest BCUT2D eigenvalue weighted by atomic mass is 16.3. The molecule has 0 bridgehead atoms. The molecule has 0 spiro atoms. The maximum atomic E-state index is 10.2. The molecule has 1 N–H and O–H groups in total. The average molecular weight is 1230 g/mol. The number of furan rings is 1. The van der Waals surface area contributed by atoms with Crippen molar-refractivity contribution in [3.05, 3.63) is 314 Å². The van der Waals surface area contributed by atoms with Gasteiger partial charge in [-0.25, -0.2) is 0 Å². The summed E-state index contributed by atoms with van der Waals surface area (Å²) in [5.41, 5.74) is 6.08. The lowest BCUT2D eigenvalue weighted by Gasteiger charge is -2.42.